The molecule has 0 radical (unpaired) electrons. The number of hydrogen-bond donors (Lipinski definition) is 0. The van der Waals surface area contributed by atoms with Crippen molar-refractivity contribution in [3.8, 4) is 67.0 Å². The van der Waals surface area contributed by atoms with E-state index in [0.29, 0.717) is 0 Å². The lowest BCUT2D eigenvalue weighted by atomic mass is 9.70. The lowest BCUT2D eigenvalue weighted by molar-refractivity contribution is 0.00578. The van der Waals surface area contributed by atoms with E-state index in [9.17, 15) is 0 Å². The van der Waals surface area contributed by atoms with Gasteiger partial charge in [0.05, 0.1) is 44.1 Å². The summed E-state index contributed by atoms with van der Waals surface area (Å²) in [6, 6.07) is 128. The van der Waals surface area contributed by atoms with Crippen molar-refractivity contribution < 1.29 is 19.6 Å². The summed E-state index contributed by atoms with van der Waals surface area (Å²) in [4.78, 5) is 0. The van der Waals surface area contributed by atoms with Crippen LogP contribution in [0.15, 0.2) is 365 Å². The third-order valence-electron chi connectivity index (χ3n) is 25.4. The van der Waals surface area contributed by atoms with E-state index in [1.807, 2.05) is 6.07 Å². The molecule has 5 heterocycles. The molecule has 4 aliphatic carbocycles. The van der Waals surface area contributed by atoms with Crippen LogP contribution < -0.4 is 5.46 Å². The summed E-state index contributed by atoms with van der Waals surface area (Å²) >= 11 is 3.57. The van der Waals surface area contributed by atoms with Crippen LogP contribution in [0.1, 0.15) is 81.1 Å². The van der Waals surface area contributed by atoms with Gasteiger partial charge in [0.25, 0.3) is 0 Å². The first-order valence-electron chi connectivity index (χ1n) is 38.7. The number of fused-ring (bicyclic) bond motifs is 32. The second-order valence-electron chi connectivity index (χ2n) is 31.5. The molecule has 5 aliphatic rings. The molecule has 0 atom stereocenters. The van der Waals surface area contributed by atoms with Crippen molar-refractivity contribution in [1.29, 1.82) is 0 Å². The average Bonchev–Trinajstić information content (AvgIpc) is 1.51. The molecule has 0 saturated carbocycles. The van der Waals surface area contributed by atoms with Gasteiger partial charge in [-0.1, -0.05) is 284 Å². The summed E-state index contributed by atoms with van der Waals surface area (Å²) in [6.45, 7) is 8.35. The Morgan fingerprint density at radius 2 is 0.619 bits per heavy atom. The fraction of sp³-hybridized carbons (Fsp3) is 0.0857. The summed E-state index contributed by atoms with van der Waals surface area (Å²) < 4.78 is 32.5. The zero-order valence-corrected chi connectivity index (χ0v) is 63.6. The van der Waals surface area contributed by atoms with Gasteiger partial charge in [0.15, 0.2) is 0 Å². The Hall–Kier alpha value is -12.8. The molecule has 6 nitrogen and oxygen atoms in total. The highest BCUT2D eigenvalue weighted by atomic mass is 79.9. The number of halogens is 1. The summed E-state index contributed by atoms with van der Waals surface area (Å²) in [5.74, 6) is 0. The topological polar surface area (TPSA) is 54.6 Å². The van der Waals surface area contributed by atoms with Gasteiger partial charge < -0.3 is 27.3 Å². The second-order valence-corrected chi connectivity index (χ2v) is 32.4. The fourth-order valence-electron chi connectivity index (χ4n) is 20.0. The lowest BCUT2D eigenvalue weighted by Gasteiger charge is -2.32. The summed E-state index contributed by atoms with van der Waals surface area (Å²) in [5.41, 5.74) is 33.3. The first-order chi connectivity index (χ1) is 55.0. The standard InChI is InChI=1S/C49H29NO.C37H29BO3.C18H12BrN.CH4.H2/c1-2-13-31(14-3-1)50-45-24-11-7-18-36(45)39-27-30(25-26-46(39)50)32-19-12-20-37-40-28-38-35-17-6-10-23-43(35)49(44(38)29-47(40)51-48(32)37)41-21-8-4-15-33(41)34-16-5-9-22-42(34)49;1-35(2)36(3,4)41-38(40-35)32-19-11-15-25-27-20-26-24-14-7-10-18-30(24)37(31(26)21-33(27)39-34(25)32)28-16-8-5-12-22(28)23-13-6-9-17-29(23)37;19-13-10-11-18-16(12-13)15-8-4-5-9-17(15)20(18)14-6-2-1-3-7-14;;/h1-29H;5-21H,1-4H3;1-12H;1H4;1H. The Morgan fingerprint density at radius 1 is 0.274 bits per heavy atom. The molecule has 0 bridgehead atoms. The molecule has 0 N–H and O–H groups in total. The minimum absolute atomic E-state index is 0. The lowest BCUT2D eigenvalue weighted by Crippen LogP contribution is -2.41. The van der Waals surface area contributed by atoms with Crippen molar-refractivity contribution in [2.24, 2.45) is 0 Å². The van der Waals surface area contributed by atoms with Crippen LogP contribution in [0, 0.1) is 0 Å². The summed E-state index contributed by atoms with van der Waals surface area (Å²) in [5, 5.41) is 9.53. The molecule has 0 amide bonds. The van der Waals surface area contributed by atoms with Crippen molar-refractivity contribution in [1.82, 2.24) is 9.13 Å². The second kappa shape index (κ2) is 24.8. The molecule has 2 spiro atoms. The zero-order chi connectivity index (χ0) is 74.5. The van der Waals surface area contributed by atoms with Gasteiger partial charge in [-0.3, -0.25) is 0 Å². The van der Waals surface area contributed by atoms with Crippen LogP contribution in [0.3, 0.4) is 0 Å². The third kappa shape index (κ3) is 9.37. The van der Waals surface area contributed by atoms with Gasteiger partial charge in [0.2, 0.25) is 0 Å². The van der Waals surface area contributed by atoms with Gasteiger partial charge in [-0.25, -0.2) is 0 Å². The molecule has 113 heavy (non-hydrogen) atoms. The predicted molar refractivity (Wildman–Crippen MR) is 473 cm³/mol. The van der Waals surface area contributed by atoms with Gasteiger partial charge >= 0.3 is 7.12 Å². The molecule has 0 unspecified atom stereocenters. The number of nitrogens with zero attached hydrogens (tertiary/aromatic N) is 2. The molecule has 4 aromatic heterocycles. The van der Waals surface area contributed by atoms with Crippen LogP contribution in [0.2, 0.25) is 0 Å². The number of hydrogen-bond acceptors (Lipinski definition) is 4. The van der Waals surface area contributed by atoms with E-state index in [-0.39, 0.29) is 14.3 Å². The Bertz CT molecular complexity index is 7280. The summed E-state index contributed by atoms with van der Waals surface area (Å²) in [7, 11) is -0.489. The SMILES string of the molecule is Brc1ccc2c(c1)c1ccccc1n2-c1ccccc1.C.CC1(C)OB(c2cccc3c2oc2cc4c(cc23)-c2ccccc2C42c3ccccc3-c3ccccc32)OC1(C)C.[HH].c1ccc(-n2c3ccccc3c3cc(-c4cccc5c4oc4cc6c(cc45)-c4ccccc4C64c5ccccc5-c5ccccc54)ccc32)cc1. The Labute approximate surface area is 665 Å². The number of benzene rings is 16. The smallest absolute Gasteiger partial charge is 0.456 e. The molecule has 1 fully saturated rings. The molecule has 1 aliphatic heterocycles. The van der Waals surface area contributed by atoms with Crippen LogP contribution in [-0.2, 0) is 20.1 Å². The Balaban J connectivity index is 0.000000116. The highest BCUT2D eigenvalue weighted by Gasteiger charge is 2.55. The molecule has 8 heteroatoms. The molecule has 540 valence electrons. The van der Waals surface area contributed by atoms with Crippen LogP contribution in [0.4, 0.5) is 0 Å². The fourth-order valence-corrected chi connectivity index (χ4v) is 20.3. The van der Waals surface area contributed by atoms with Crippen molar-refractivity contribution in [3.05, 3.63) is 401 Å². The van der Waals surface area contributed by atoms with Gasteiger partial charge in [0.1, 0.15) is 22.3 Å². The Morgan fingerprint density at radius 3 is 1.08 bits per heavy atom. The monoisotopic (exact) mass is 1520 g/mol. The highest BCUT2D eigenvalue weighted by Crippen LogP contribution is 2.66. The Kier molecular flexibility index (Phi) is 14.8. The molecular weight excluding hydrogens is 1440 g/mol. The van der Waals surface area contributed by atoms with E-state index in [1.165, 1.54) is 138 Å². The van der Waals surface area contributed by atoms with Gasteiger partial charge in [-0.2, -0.15) is 0 Å². The van der Waals surface area contributed by atoms with Crippen molar-refractivity contribution in [2.75, 3.05) is 0 Å². The van der Waals surface area contributed by atoms with Crippen LogP contribution in [0.25, 0.3) is 154 Å². The number of aromatic nitrogens is 2. The molecular formula is C105H76BBrN2O4. The van der Waals surface area contributed by atoms with Crippen molar-refractivity contribution in [2.45, 2.75) is 57.2 Å². The third-order valence-corrected chi connectivity index (χ3v) is 25.9. The van der Waals surface area contributed by atoms with Crippen LogP contribution in [-0.4, -0.2) is 27.5 Å². The number of furan rings is 2. The molecule has 20 aromatic rings. The van der Waals surface area contributed by atoms with E-state index in [0.717, 1.165) is 70.6 Å². The maximum absolute atomic E-state index is 7.01. The average molecular weight is 1520 g/mol. The van der Waals surface area contributed by atoms with Crippen molar-refractivity contribution in [3.63, 3.8) is 0 Å². The van der Waals surface area contributed by atoms with E-state index in [1.54, 1.807) is 0 Å². The minimum atomic E-state index is -0.489. The molecule has 25 rings (SSSR count). The summed E-state index contributed by atoms with van der Waals surface area (Å²) in [6.07, 6.45) is 0. The van der Waals surface area contributed by atoms with E-state index in [2.05, 4.69) is 399 Å². The van der Waals surface area contributed by atoms with E-state index in [4.69, 9.17) is 18.1 Å². The first-order valence-corrected chi connectivity index (χ1v) is 39.5. The van der Waals surface area contributed by atoms with Crippen molar-refractivity contribution >= 4 is 116 Å². The predicted octanol–water partition coefficient (Wildman–Crippen LogP) is 27.4. The molecule has 16 aromatic carbocycles. The van der Waals surface area contributed by atoms with E-state index < -0.39 is 23.7 Å². The van der Waals surface area contributed by atoms with Gasteiger partial charge in [-0.15, -0.1) is 0 Å². The number of para-hydroxylation sites is 6. The minimum Gasteiger partial charge on any atom is -0.456 e. The number of rotatable bonds is 4. The van der Waals surface area contributed by atoms with Crippen LogP contribution >= 0.6 is 15.9 Å². The quantitative estimate of drug-likeness (QED) is 0.165. The first kappa shape index (κ1) is 67.1. The van der Waals surface area contributed by atoms with Crippen LogP contribution in [0.5, 0.6) is 0 Å². The highest BCUT2D eigenvalue weighted by molar-refractivity contribution is 9.10. The van der Waals surface area contributed by atoms with E-state index >= 15 is 0 Å². The maximum atomic E-state index is 7.01. The largest absolute Gasteiger partial charge is 0.498 e. The normalized spacial score (nSPS) is 14.9. The van der Waals surface area contributed by atoms with Gasteiger partial charge in [0, 0.05) is 71.4 Å². The molecule has 1 saturated heterocycles. The maximum Gasteiger partial charge on any atom is 0.498 e. The zero-order valence-electron chi connectivity index (χ0n) is 62.0. The van der Waals surface area contributed by atoms with Gasteiger partial charge in [-0.05, 0) is 213 Å².